The molecule has 0 radical (unpaired) electrons. The molecule has 10 nitrogen and oxygen atoms in total. The van der Waals surface area contributed by atoms with Crippen LogP contribution in [0.5, 0.6) is 0 Å². The van der Waals surface area contributed by atoms with Crippen LogP contribution in [0.4, 0.5) is 5.69 Å². The summed E-state index contributed by atoms with van der Waals surface area (Å²) < 4.78 is 26.3. The number of allylic oxidation sites excluding steroid dienone is 2. The maximum Gasteiger partial charge on any atom is 0.291 e. The largest absolute Gasteiger partial charge is 0.326 e. The van der Waals surface area contributed by atoms with Crippen LogP contribution in [0, 0.1) is 16.7 Å². The number of aromatic amines is 1. The number of nitriles is 1. The number of hydrogen-bond donors (Lipinski definition) is 3. The Kier molecular flexibility index (Phi) is 9.38. The second-order valence-corrected chi connectivity index (χ2v) is 16.6. The topological polar surface area (TPSA) is 134 Å². The van der Waals surface area contributed by atoms with Crippen molar-refractivity contribution in [3.63, 3.8) is 0 Å². The molecule has 2 unspecified atom stereocenters. The van der Waals surface area contributed by atoms with Gasteiger partial charge in [-0.05, 0) is 81.7 Å². The van der Waals surface area contributed by atoms with Crippen LogP contribution >= 0.6 is 0 Å². The van der Waals surface area contributed by atoms with Crippen molar-refractivity contribution in [2.45, 2.75) is 75.8 Å². The highest BCUT2D eigenvalue weighted by atomic mass is 32.2. The van der Waals surface area contributed by atoms with Crippen molar-refractivity contribution >= 4 is 27.0 Å². The minimum absolute atomic E-state index is 0.0810. The summed E-state index contributed by atoms with van der Waals surface area (Å²) in [6, 6.07) is 8.13. The first-order valence-corrected chi connectivity index (χ1v) is 17.4. The predicted octanol–water partition coefficient (Wildman–Crippen LogP) is 4.15. The summed E-state index contributed by atoms with van der Waals surface area (Å²) in [6.07, 6.45) is 7.45. The number of likely N-dealkylation sites (N-methyl/N-ethyl adjacent to an activating group) is 1. The van der Waals surface area contributed by atoms with Gasteiger partial charge in [-0.25, -0.2) is 13.4 Å². The first kappa shape index (κ1) is 32.4. The van der Waals surface area contributed by atoms with Gasteiger partial charge in [0.05, 0.1) is 16.7 Å². The number of anilines is 1. The molecule has 2 aromatic rings. The summed E-state index contributed by atoms with van der Waals surface area (Å²) in [4.78, 5) is 24.8. The van der Waals surface area contributed by atoms with Crippen molar-refractivity contribution in [2.75, 3.05) is 51.6 Å². The average Bonchev–Trinajstić information content (AvgIpc) is 3.47. The molecule has 1 aliphatic carbocycles. The number of carbonyl (C=O) groups is 1. The van der Waals surface area contributed by atoms with E-state index in [9.17, 15) is 13.2 Å². The highest BCUT2D eigenvalue weighted by molar-refractivity contribution is 7.92. The zero-order valence-corrected chi connectivity index (χ0v) is 27.6. The summed E-state index contributed by atoms with van der Waals surface area (Å²) in [6.45, 7) is 14.0. The predicted molar refractivity (Wildman–Crippen MR) is 174 cm³/mol. The number of hydrogen-bond acceptors (Lipinski definition) is 8. The number of imidazole rings is 1. The molecule has 1 amide bonds. The van der Waals surface area contributed by atoms with Crippen LogP contribution < -0.4 is 10.6 Å². The number of sulfone groups is 1. The molecular formula is C33H47N7O3S. The van der Waals surface area contributed by atoms with Crippen molar-refractivity contribution in [1.29, 1.82) is 5.26 Å². The monoisotopic (exact) mass is 621 g/mol. The van der Waals surface area contributed by atoms with Gasteiger partial charge in [0.2, 0.25) is 0 Å². The Bertz CT molecular complexity index is 1530. The molecule has 2 saturated heterocycles. The summed E-state index contributed by atoms with van der Waals surface area (Å²) in [5.41, 5.74) is 3.77. The molecule has 1 aromatic heterocycles. The van der Waals surface area contributed by atoms with Gasteiger partial charge < -0.3 is 20.5 Å². The second kappa shape index (κ2) is 12.8. The molecule has 44 heavy (non-hydrogen) atoms. The van der Waals surface area contributed by atoms with Crippen LogP contribution in [0.15, 0.2) is 30.5 Å². The molecular weight excluding hydrogens is 574 g/mol. The first-order chi connectivity index (χ1) is 20.8. The number of nitrogens with zero attached hydrogens (tertiary/aromatic N) is 4. The average molecular weight is 622 g/mol. The van der Waals surface area contributed by atoms with Crippen molar-refractivity contribution < 1.29 is 13.2 Å². The van der Waals surface area contributed by atoms with Gasteiger partial charge >= 0.3 is 0 Å². The molecule has 0 saturated carbocycles. The second-order valence-electron chi connectivity index (χ2n) is 13.8. The molecule has 0 bridgehead atoms. The van der Waals surface area contributed by atoms with Crippen LogP contribution in [-0.4, -0.2) is 90.9 Å². The number of aromatic nitrogens is 2. The number of H-pyrrole nitrogens is 1. The maximum absolute atomic E-state index is 13.2. The molecule has 2 aliphatic heterocycles. The van der Waals surface area contributed by atoms with E-state index < -0.39 is 31.8 Å². The molecule has 11 heteroatoms. The Morgan fingerprint density at radius 1 is 1.16 bits per heavy atom. The standard InChI is InChI=1S/C33H47N7O3S/c1-23-19-33(20-24(2)44(23,42)43,36-12-13-40-16-14-39(5)15-17-40)26-6-7-29(38-31(41)30-35-22-27(21-34)37-30)28(18-26)25-8-10-32(3,4)11-9-25/h6-8,18,22-24,36H,9-17,19-20H2,1-5H3,(H,35,37)(H,38,41). The number of rotatable bonds is 8. The SMILES string of the molecule is CC1CC(NCCN2CCN(C)CC2)(c2ccc(NC(=O)c3ncc(C#N)[nH]3)c(C3=CCC(C)(C)CC3)c2)CC(C)S1(=O)=O. The smallest absolute Gasteiger partial charge is 0.291 e. The quantitative estimate of drug-likeness (QED) is 0.401. The number of benzene rings is 1. The van der Waals surface area contributed by atoms with Crippen LogP contribution in [0.1, 0.15) is 87.2 Å². The molecule has 2 atom stereocenters. The third-order valence-corrected chi connectivity index (χ3v) is 12.5. The lowest BCUT2D eigenvalue weighted by atomic mass is 9.75. The fourth-order valence-corrected chi connectivity index (χ4v) is 8.74. The van der Waals surface area contributed by atoms with E-state index in [1.807, 2.05) is 32.0 Å². The Morgan fingerprint density at radius 3 is 2.48 bits per heavy atom. The Balaban J connectivity index is 1.50. The lowest BCUT2D eigenvalue weighted by molar-refractivity contribution is 0.101. The summed E-state index contributed by atoms with van der Waals surface area (Å²) in [7, 11) is -1.07. The van der Waals surface area contributed by atoms with Gasteiger partial charge in [0.25, 0.3) is 5.91 Å². The molecule has 3 aliphatic rings. The van der Waals surface area contributed by atoms with E-state index in [1.54, 1.807) is 0 Å². The highest BCUT2D eigenvalue weighted by Gasteiger charge is 2.47. The van der Waals surface area contributed by atoms with E-state index in [2.05, 4.69) is 63.4 Å². The fraction of sp³-hybridized carbons (Fsp3) is 0.606. The van der Waals surface area contributed by atoms with Crippen molar-refractivity contribution in [2.24, 2.45) is 5.41 Å². The van der Waals surface area contributed by atoms with E-state index in [1.165, 1.54) is 11.8 Å². The van der Waals surface area contributed by atoms with E-state index >= 15 is 0 Å². The first-order valence-electron chi connectivity index (χ1n) is 15.8. The fourth-order valence-electron chi connectivity index (χ4n) is 6.91. The molecule has 3 heterocycles. The van der Waals surface area contributed by atoms with Gasteiger partial charge in [0.15, 0.2) is 15.7 Å². The zero-order chi connectivity index (χ0) is 31.7. The Morgan fingerprint density at radius 2 is 1.86 bits per heavy atom. The van der Waals surface area contributed by atoms with Crippen LogP contribution in [0.25, 0.3) is 5.57 Å². The minimum Gasteiger partial charge on any atom is -0.326 e. The molecule has 0 spiro atoms. The lowest BCUT2D eigenvalue weighted by Crippen LogP contribution is -2.55. The van der Waals surface area contributed by atoms with E-state index in [-0.39, 0.29) is 16.9 Å². The Hall–Kier alpha value is -3.04. The summed E-state index contributed by atoms with van der Waals surface area (Å²) >= 11 is 0. The third-order valence-electron chi connectivity index (χ3n) is 9.93. The van der Waals surface area contributed by atoms with E-state index in [0.29, 0.717) is 18.5 Å². The number of carbonyl (C=O) groups excluding carboxylic acids is 1. The van der Waals surface area contributed by atoms with Gasteiger partial charge in [-0.1, -0.05) is 26.0 Å². The van der Waals surface area contributed by atoms with Gasteiger partial charge in [-0.2, -0.15) is 5.26 Å². The summed E-state index contributed by atoms with van der Waals surface area (Å²) in [5, 5.41) is 15.1. The minimum atomic E-state index is -3.23. The van der Waals surface area contributed by atoms with Gasteiger partial charge in [0, 0.05) is 56.1 Å². The summed E-state index contributed by atoms with van der Waals surface area (Å²) in [5.74, 6) is -0.333. The number of amides is 1. The van der Waals surface area contributed by atoms with Gasteiger partial charge in [-0.15, -0.1) is 0 Å². The Labute approximate surface area is 262 Å². The molecule has 238 valence electrons. The maximum atomic E-state index is 13.2. The molecule has 1 aromatic carbocycles. The van der Waals surface area contributed by atoms with Crippen LogP contribution in [0.2, 0.25) is 0 Å². The number of nitrogens with one attached hydrogen (secondary N) is 3. The van der Waals surface area contributed by atoms with Gasteiger partial charge in [-0.3, -0.25) is 9.69 Å². The van der Waals surface area contributed by atoms with Crippen molar-refractivity contribution in [1.82, 2.24) is 25.1 Å². The van der Waals surface area contributed by atoms with E-state index in [0.717, 1.165) is 69.7 Å². The lowest BCUT2D eigenvalue weighted by Gasteiger charge is -2.45. The molecule has 5 rings (SSSR count). The third kappa shape index (κ3) is 6.94. The zero-order valence-electron chi connectivity index (χ0n) is 26.7. The number of piperazine rings is 1. The van der Waals surface area contributed by atoms with Gasteiger partial charge in [0.1, 0.15) is 11.8 Å². The van der Waals surface area contributed by atoms with Crippen LogP contribution in [-0.2, 0) is 15.4 Å². The normalized spacial score (nSPS) is 27.3. The van der Waals surface area contributed by atoms with Crippen LogP contribution in [0.3, 0.4) is 0 Å². The highest BCUT2D eigenvalue weighted by Crippen LogP contribution is 2.44. The molecule has 2 fully saturated rings. The van der Waals surface area contributed by atoms with E-state index in [4.69, 9.17) is 5.26 Å². The molecule has 3 N–H and O–H groups in total. The van der Waals surface area contributed by atoms with Crippen molar-refractivity contribution in [3.8, 4) is 6.07 Å². The van der Waals surface area contributed by atoms with Crippen molar-refractivity contribution in [3.05, 3.63) is 53.1 Å².